The molecule has 0 aliphatic heterocycles. The normalized spacial score (nSPS) is 13.2. The number of carboxylic acids is 1. The number of aromatic carboxylic acids is 1. The zero-order valence-electron chi connectivity index (χ0n) is 11.6. The van der Waals surface area contributed by atoms with E-state index >= 15 is 0 Å². The molecule has 2 nitrogen and oxygen atoms in total. The van der Waals surface area contributed by atoms with Crippen LogP contribution >= 0.6 is 0 Å². The minimum Gasteiger partial charge on any atom is -0.478 e. The Morgan fingerprint density at radius 2 is 2.15 bits per heavy atom. The van der Waals surface area contributed by atoms with Crippen LogP contribution < -0.4 is 0 Å². The average Bonchev–Trinajstić information content (AvgIpc) is 2.39. The first kappa shape index (κ1) is 16.2. The Balaban J connectivity index is 2.91. The highest BCUT2D eigenvalue weighted by molar-refractivity contribution is 5.87. The van der Waals surface area contributed by atoms with Gasteiger partial charge in [-0.05, 0) is 31.5 Å². The maximum absolute atomic E-state index is 13.7. The van der Waals surface area contributed by atoms with Gasteiger partial charge in [-0.2, -0.15) is 0 Å². The lowest BCUT2D eigenvalue weighted by Gasteiger charge is -2.10. The second-order valence-electron chi connectivity index (χ2n) is 4.70. The maximum Gasteiger partial charge on any atom is 0.335 e. The minimum absolute atomic E-state index is 0.0946. The average molecular weight is 280 g/mol. The van der Waals surface area contributed by atoms with E-state index in [0.717, 1.165) is 18.9 Å². The molecule has 0 radical (unpaired) electrons. The molecule has 0 saturated heterocycles. The molecular formula is C16H18F2O2. The van der Waals surface area contributed by atoms with Crippen molar-refractivity contribution in [1.82, 2.24) is 0 Å². The number of carboxylic acid groups (broad SMARTS) is 1. The van der Waals surface area contributed by atoms with E-state index in [-0.39, 0.29) is 11.1 Å². The summed E-state index contributed by atoms with van der Waals surface area (Å²) in [6, 6.07) is 3.52. The van der Waals surface area contributed by atoms with Gasteiger partial charge in [0.2, 0.25) is 0 Å². The van der Waals surface area contributed by atoms with Crippen LogP contribution in [0.1, 0.15) is 49.0 Å². The van der Waals surface area contributed by atoms with Gasteiger partial charge in [-0.25, -0.2) is 13.6 Å². The standard InChI is InChI=1S/C16H18F2O2/c1-3-4-5-12(11(2)17)6-7-13-8-9-14(16(19)20)10-15(13)18/h8-12H,3-5H2,1-2H3,(H,19,20). The Bertz CT molecular complexity index is 527. The van der Waals surface area contributed by atoms with Crippen LogP contribution in [0.15, 0.2) is 18.2 Å². The smallest absolute Gasteiger partial charge is 0.335 e. The molecule has 1 rings (SSSR count). The van der Waals surface area contributed by atoms with E-state index in [0.29, 0.717) is 6.42 Å². The third-order valence-corrected chi connectivity index (χ3v) is 3.03. The minimum atomic E-state index is -1.19. The largest absolute Gasteiger partial charge is 0.478 e. The number of halogens is 2. The molecule has 108 valence electrons. The summed E-state index contributed by atoms with van der Waals surface area (Å²) in [6.45, 7) is 3.45. The zero-order chi connectivity index (χ0) is 15.1. The Morgan fingerprint density at radius 1 is 1.45 bits per heavy atom. The van der Waals surface area contributed by atoms with E-state index in [2.05, 4.69) is 11.8 Å². The van der Waals surface area contributed by atoms with Crippen LogP contribution in [-0.2, 0) is 0 Å². The van der Waals surface area contributed by atoms with Crippen molar-refractivity contribution in [2.45, 2.75) is 39.3 Å². The molecule has 0 amide bonds. The van der Waals surface area contributed by atoms with Gasteiger partial charge in [0.25, 0.3) is 0 Å². The second kappa shape index (κ2) is 7.64. The van der Waals surface area contributed by atoms with Gasteiger partial charge in [-0.3, -0.25) is 0 Å². The molecule has 0 aromatic heterocycles. The van der Waals surface area contributed by atoms with E-state index in [1.54, 1.807) is 0 Å². The van der Waals surface area contributed by atoms with E-state index < -0.39 is 23.9 Å². The van der Waals surface area contributed by atoms with Crippen molar-refractivity contribution >= 4 is 5.97 Å². The molecule has 0 aliphatic carbocycles. The summed E-state index contributed by atoms with van der Waals surface area (Å²) in [7, 11) is 0. The first-order valence-electron chi connectivity index (χ1n) is 6.64. The Kier molecular flexibility index (Phi) is 6.17. The number of alkyl halides is 1. The highest BCUT2D eigenvalue weighted by Gasteiger charge is 2.13. The van der Waals surface area contributed by atoms with Crippen LogP contribution in [0.4, 0.5) is 8.78 Å². The second-order valence-corrected chi connectivity index (χ2v) is 4.70. The van der Waals surface area contributed by atoms with E-state index in [4.69, 9.17) is 5.11 Å². The molecule has 0 bridgehead atoms. The molecule has 1 aromatic carbocycles. The molecule has 0 spiro atoms. The van der Waals surface area contributed by atoms with Crippen molar-refractivity contribution in [3.05, 3.63) is 35.1 Å². The number of carbonyl (C=O) groups is 1. The Hall–Kier alpha value is -1.89. The van der Waals surface area contributed by atoms with Crippen LogP contribution in [0.25, 0.3) is 0 Å². The maximum atomic E-state index is 13.7. The number of benzene rings is 1. The molecule has 2 unspecified atom stereocenters. The van der Waals surface area contributed by atoms with Crippen LogP contribution in [-0.4, -0.2) is 17.2 Å². The SMILES string of the molecule is CCCCC(C#Cc1ccc(C(=O)O)cc1F)C(C)F. The predicted molar refractivity (Wildman–Crippen MR) is 73.8 cm³/mol. The van der Waals surface area contributed by atoms with Crippen LogP contribution in [0, 0.1) is 23.6 Å². The fraction of sp³-hybridized carbons (Fsp3) is 0.438. The Labute approximate surface area is 117 Å². The van der Waals surface area contributed by atoms with Gasteiger partial charge >= 0.3 is 5.97 Å². The van der Waals surface area contributed by atoms with Crippen LogP contribution in [0.3, 0.4) is 0 Å². The summed E-state index contributed by atoms with van der Waals surface area (Å²) >= 11 is 0. The summed E-state index contributed by atoms with van der Waals surface area (Å²) in [6.07, 6.45) is 1.38. The monoisotopic (exact) mass is 280 g/mol. The van der Waals surface area contributed by atoms with Crippen LogP contribution in [0.5, 0.6) is 0 Å². The molecule has 4 heteroatoms. The van der Waals surface area contributed by atoms with Gasteiger partial charge < -0.3 is 5.11 Å². The summed E-state index contributed by atoms with van der Waals surface area (Å²) in [5, 5.41) is 8.74. The van der Waals surface area contributed by atoms with Crippen molar-refractivity contribution in [2.24, 2.45) is 5.92 Å². The zero-order valence-corrected chi connectivity index (χ0v) is 11.6. The molecule has 1 aromatic rings. The molecule has 1 N–H and O–H groups in total. The van der Waals surface area contributed by atoms with Gasteiger partial charge in [0.15, 0.2) is 0 Å². The first-order chi connectivity index (χ1) is 9.45. The Morgan fingerprint density at radius 3 is 2.65 bits per heavy atom. The lowest BCUT2D eigenvalue weighted by Crippen LogP contribution is -2.10. The third-order valence-electron chi connectivity index (χ3n) is 3.03. The van der Waals surface area contributed by atoms with Gasteiger partial charge in [0.1, 0.15) is 12.0 Å². The highest BCUT2D eigenvalue weighted by atomic mass is 19.1. The predicted octanol–water partition coefficient (Wildman–Crippen LogP) is 4.04. The molecule has 0 heterocycles. The van der Waals surface area contributed by atoms with Crippen molar-refractivity contribution in [3.63, 3.8) is 0 Å². The lowest BCUT2D eigenvalue weighted by molar-refractivity contribution is 0.0696. The molecule has 0 aliphatic rings. The van der Waals surface area contributed by atoms with Crippen molar-refractivity contribution in [2.75, 3.05) is 0 Å². The van der Waals surface area contributed by atoms with Crippen molar-refractivity contribution in [1.29, 1.82) is 0 Å². The number of rotatable bonds is 5. The van der Waals surface area contributed by atoms with Gasteiger partial charge in [-0.15, -0.1) is 0 Å². The lowest BCUT2D eigenvalue weighted by atomic mass is 9.98. The summed E-state index contributed by atoms with van der Waals surface area (Å²) in [4.78, 5) is 10.7. The summed E-state index contributed by atoms with van der Waals surface area (Å²) < 4.78 is 27.0. The topological polar surface area (TPSA) is 37.3 Å². The fourth-order valence-corrected chi connectivity index (χ4v) is 1.76. The van der Waals surface area contributed by atoms with Gasteiger partial charge in [0.05, 0.1) is 17.0 Å². The summed E-state index contributed by atoms with van der Waals surface area (Å²) in [5.74, 6) is 3.05. The van der Waals surface area contributed by atoms with E-state index in [1.165, 1.54) is 19.1 Å². The van der Waals surface area contributed by atoms with E-state index in [1.807, 2.05) is 6.92 Å². The fourth-order valence-electron chi connectivity index (χ4n) is 1.76. The van der Waals surface area contributed by atoms with Crippen LogP contribution in [0.2, 0.25) is 0 Å². The number of hydrogen-bond acceptors (Lipinski definition) is 1. The first-order valence-corrected chi connectivity index (χ1v) is 6.64. The van der Waals surface area contributed by atoms with Crippen molar-refractivity contribution in [3.8, 4) is 11.8 Å². The molecule has 0 fully saturated rings. The number of unbranched alkanes of at least 4 members (excludes halogenated alkanes) is 1. The molecule has 0 saturated carbocycles. The number of hydrogen-bond donors (Lipinski definition) is 1. The molecular weight excluding hydrogens is 262 g/mol. The van der Waals surface area contributed by atoms with Gasteiger partial charge in [-0.1, -0.05) is 31.6 Å². The molecule has 20 heavy (non-hydrogen) atoms. The van der Waals surface area contributed by atoms with E-state index in [9.17, 15) is 13.6 Å². The molecule has 2 atom stereocenters. The quantitative estimate of drug-likeness (QED) is 0.826. The van der Waals surface area contributed by atoms with Crippen molar-refractivity contribution < 1.29 is 18.7 Å². The highest BCUT2D eigenvalue weighted by Crippen LogP contribution is 2.16. The third kappa shape index (κ3) is 4.65. The van der Waals surface area contributed by atoms with Gasteiger partial charge in [0, 0.05) is 0 Å². The summed E-state index contributed by atoms with van der Waals surface area (Å²) in [5.41, 5.74) is -0.0356.